The zero-order chi connectivity index (χ0) is 19.3. The van der Waals surface area contributed by atoms with Crippen LogP contribution in [0.5, 0.6) is 0 Å². The van der Waals surface area contributed by atoms with Crippen molar-refractivity contribution in [3.8, 4) is 0 Å². The highest BCUT2D eigenvalue weighted by Gasteiger charge is 2.29. The monoisotopic (exact) mass is 398 g/mol. The molecule has 7 nitrogen and oxygen atoms in total. The Morgan fingerprint density at radius 1 is 1.19 bits per heavy atom. The Morgan fingerprint density at radius 2 is 1.93 bits per heavy atom. The summed E-state index contributed by atoms with van der Waals surface area (Å²) in [4.78, 5) is 12.2. The second-order valence-electron chi connectivity index (χ2n) is 7.51. The highest BCUT2D eigenvalue weighted by atomic mass is 32.2. The first-order chi connectivity index (χ1) is 13.0. The molecule has 1 amide bonds. The van der Waals surface area contributed by atoms with Crippen molar-refractivity contribution >= 4 is 15.9 Å². The number of carbonyl (C=O) groups is 1. The molecule has 0 aromatic carbocycles. The summed E-state index contributed by atoms with van der Waals surface area (Å²) in [5, 5.41) is 2.57. The molecule has 0 unspecified atom stereocenters. The van der Waals surface area contributed by atoms with Gasteiger partial charge in [-0.15, -0.1) is 0 Å². The number of carbonyl (C=O) groups excluding carboxylic acids is 1. The first-order valence-corrected chi connectivity index (χ1v) is 11.4. The predicted molar refractivity (Wildman–Crippen MR) is 101 cm³/mol. The van der Waals surface area contributed by atoms with Gasteiger partial charge in [-0.2, -0.15) is 4.31 Å². The Kier molecular flexibility index (Phi) is 6.94. The third-order valence-electron chi connectivity index (χ3n) is 5.47. The lowest BCUT2D eigenvalue weighted by Gasteiger charge is -2.28. The van der Waals surface area contributed by atoms with E-state index < -0.39 is 15.9 Å². The van der Waals surface area contributed by atoms with Crippen LogP contribution in [0.4, 0.5) is 0 Å². The number of hydrogen-bond donors (Lipinski definition) is 1. The smallest absolute Gasteiger partial charge is 0.287 e. The van der Waals surface area contributed by atoms with E-state index in [4.69, 9.17) is 9.15 Å². The van der Waals surface area contributed by atoms with Gasteiger partial charge in [0.2, 0.25) is 5.09 Å². The molecule has 152 valence electrons. The van der Waals surface area contributed by atoms with Crippen molar-refractivity contribution in [1.29, 1.82) is 0 Å². The van der Waals surface area contributed by atoms with Crippen molar-refractivity contribution in [3.05, 3.63) is 17.9 Å². The molecule has 2 fully saturated rings. The number of amides is 1. The lowest BCUT2D eigenvalue weighted by atomic mass is 9.88. The Bertz CT molecular complexity index is 724. The van der Waals surface area contributed by atoms with Gasteiger partial charge in [0.15, 0.2) is 5.76 Å². The summed E-state index contributed by atoms with van der Waals surface area (Å²) in [7, 11) is -3.66. The fraction of sp³-hybridized carbons (Fsp3) is 0.737. The molecule has 1 saturated heterocycles. The molecule has 1 aliphatic heterocycles. The number of furan rings is 1. The SMILES string of the molecule is C[C@@H]1CCCC[C@H]1OCCNC(=O)c1ccc(S(=O)(=O)N2CCCCC2)o1. The van der Waals surface area contributed by atoms with E-state index in [1.165, 1.54) is 35.7 Å². The molecular weight excluding hydrogens is 368 g/mol. The molecule has 1 aromatic heterocycles. The predicted octanol–water partition coefficient (Wildman–Crippen LogP) is 2.78. The van der Waals surface area contributed by atoms with Crippen LogP contribution in [0.1, 0.15) is 62.4 Å². The van der Waals surface area contributed by atoms with Gasteiger partial charge in [-0.1, -0.05) is 26.2 Å². The number of rotatable bonds is 7. The lowest BCUT2D eigenvalue weighted by Crippen LogP contribution is -2.35. The average molecular weight is 399 g/mol. The van der Waals surface area contributed by atoms with Gasteiger partial charge in [0, 0.05) is 19.6 Å². The van der Waals surface area contributed by atoms with Gasteiger partial charge in [0.25, 0.3) is 15.9 Å². The lowest BCUT2D eigenvalue weighted by molar-refractivity contribution is -0.00301. The number of nitrogens with one attached hydrogen (secondary N) is 1. The summed E-state index contributed by atoms with van der Waals surface area (Å²) < 4.78 is 37.8. The van der Waals surface area contributed by atoms with Crippen molar-refractivity contribution in [2.75, 3.05) is 26.2 Å². The maximum absolute atomic E-state index is 12.6. The zero-order valence-corrected chi connectivity index (χ0v) is 16.8. The molecule has 2 aliphatic rings. The molecular formula is C19H30N2O5S. The van der Waals surface area contributed by atoms with Crippen LogP contribution in [-0.2, 0) is 14.8 Å². The molecule has 27 heavy (non-hydrogen) atoms. The van der Waals surface area contributed by atoms with E-state index in [0.29, 0.717) is 32.2 Å². The van der Waals surface area contributed by atoms with Crippen LogP contribution in [0, 0.1) is 5.92 Å². The fourth-order valence-corrected chi connectivity index (χ4v) is 5.23. The van der Waals surface area contributed by atoms with E-state index in [1.54, 1.807) is 0 Å². The fourth-order valence-electron chi connectivity index (χ4n) is 3.81. The van der Waals surface area contributed by atoms with Crippen molar-refractivity contribution < 1.29 is 22.4 Å². The minimum Gasteiger partial charge on any atom is -0.438 e. The van der Waals surface area contributed by atoms with Crippen LogP contribution in [0.3, 0.4) is 0 Å². The number of hydrogen-bond acceptors (Lipinski definition) is 5. The highest BCUT2D eigenvalue weighted by molar-refractivity contribution is 7.89. The molecule has 3 rings (SSSR count). The largest absolute Gasteiger partial charge is 0.438 e. The molecule has 1 N–H and O–H groups in total. The summed E-state index contributed by atoms with van der Waals surface area (Å²) in [5.41, 5.74) is 0. The van der Waals surface area contributed by atoms with E-state index in [-0.39, 0.29) is 17.0 Å². The average Bonchev–Trinajstić information content (AvgIpc) is 3.18. The zero-order valence-electron chi connectivity index (χ0n) is 16.0. The van der Waals surface area contributed by atoms with Crippen molar-refractivity contribution in [2.24, 2.45) is 5.92 Å². The number of nitrogens with zero attached hydrogens (tertiary/aromatic N) is 1. The minimum atomic E-state index is -3.66. The van der Waals surface area contributed by atoms with Crippen molar-refractivity contribution in [2.45, 2.75) is 63.1 Å². The molecule has 1 saturated carbocycles. The van der Waals surface area contributed by atoms with Gasteiger partial charge >= 0.3 is 0 Å². The number of ether oxygens (including phenoxy) is 1. The van der Waals surface area contributed by atoms with Gasteiger partial charge in [-0.3, -0.25) is 4.79 Å². The number of piperidine rings is 1. The first-order valence-electron chi connectivity index (χ1n) is 9.98. The Morgan fingerprint density at radius 3 is 2.67 bits per heavy atom. The molecule has 1 aromatic rings. The molecule has 1 aliphatic carbocycles. The molecule has 0 radical (unpaired) electrons. The van der Waals surface area contributed by atoms with Crippen LogP contribution in [0.2, 0.25) is 0 Å². The van der Waals surface area contributed by atoms with Gasteiger partial charge in [0.1, 0.15) is 0 Å². The van der Waals surface area contributed by atoms with Crippen molar-refractivity contribution in [3.63, 3.8) is 0 Å². The second-order valence-corrected chi connectivity index (χ2v) is 9.38. The molecule has 2 heterocycles. The molecule has 0 bridgehead atoms. The summed E-state index contributed by atoms with van der Waals surface area (Å²) in [6, 6.07) is 2.77. The third-order valence-corrected chi connectivity index (χ3v) is 7.24. The molecule has 2 atom stereocenters. The third kappa shape index (κ3) is 5.12. The Labute approximate surface area is 161 Å². The maximum atomic E-state index is 12.6. The first kappa shape index (κ1) is 20.4. The van der Waals surface area contributed by atoms with Gasteiger partial charge in [0.05, 0.1) is 12.7 Å². The minimum absolute atomic E-state index is 0.0108. The molecule has 8 heteroatoms. The van der Waals surface area contributed by atoms with E-state index in [9.17, 15) is 13.2 Å². The summed E-state index contributed by atoms with van der Waals surface area (Å²) >= 11 is 0. The van der Waals surface area contributed by atoms with Crippen LogP contribution >= 0.6 is 0 Å². The number of sulfonamides is 1. The normalized spacial score (nSPS) is 24.6. The van der Waals surface area contributed by atoms with Gasteiger partial charge < -0.3 is 14.5 Å². The van der Waals surface area contributed by atoms with E-state index >= 15 is 0 Å². The van der Waals surface area contributed by atoms with E-state index in [1.807, 2.05) is 0 Å². The van der Waals surface area contributed by atoms with Crippen molar-refractivity contribution in [1.82, 2.24) is 9.62 Å². The summed E-state index contributed by atoms with van der Waals surface area (Å²) in [6.45, 7) is 4.02. The van der Waals surface area contributed by atoms with Crippen LogP contribution in [0.15, 0.2) is 21.6 Å². The van der Waals surface area contributed by atoms with Gasteiger partial charge in [-0.05, 0) is 43.7 Å². The summed E-state index contributed by atoms with van der Waals surface area (Å²) in [6.07, 6.45) is 7.74. The van der Waals surface area contributed by atoms with Gasteiger partial charge in [-0.25, -0.2) is 8.42 Å². The van der Waals surface area contributed by atoms with Crippen LogP contribution in [0.25, 0.3) is 0 Å². The Hall–Kier alpha value is -1.38. The quantitative estimate of drug-likeness (QED) is 0.714. The highest BCUT2D eigenvalue weighted by Crippen LogP contribution is 2.26. The maximum Gasteiger partial charge on any atom is 0.287 e. The van der Waals surface area contributed by atoms with E-state index in [2.05, 4.69) is 12.2 Å². The van der Waals surface area contributed by atoms with E-state index in [0.717, 1.165) is 25.7 Å². The standard InChI is InChI=1S/C19H30N2O5S/c1-15-7-3-4-8-16(15)25-14-11-20-19(22)17-9-10-18(26-17)27(23,24)21-12-5-2-6-13-21/h9-10,15-16H,2-8,11-14H2,1H3,(H,20,22)/t15-,16-/m1/s1. The Balaban J connectivity index is 1.48. The summed E-state index contributed by atoms with van der Waals surface area (Å²) in [5.74, 6) is 0.147. The van der Waals surface area contributed by atoms with Crippen LogP contribution < -0.4 is 5.32 Å². The van der Waals surface area contributed by atoms with Crippen LogP contribution in [-0.4, -0.2) is 51.0 Å². The second kappa shape index (κ2) is 9.21. The molecule has 0 spiro atoms. The topological polar surface area (TPSA) is 88.8 Å².